The summed E-state index contributed by atoms with van der Waals surface area (Å²) in [6, 6.07) is 0.615. The third kappa shape index (κ3) is 1.73. The summed E-state index contributed by atoms with van der Waals surface area (Å²) in [5.74, 6) is -0.445. The van der Waals surface area contributed by atoms with Gasteiger partial charge in [0.25, 0.3) is 0 Å². The van der Waals surface area contributed by atoms with Crippen LogP contribution >= 0.6 is 0 Å². The second kappa shape index (κ2) is 3.43. The lowest BCUT2D eigenvalue weighted by Crippen LogP contribution is -2.41. The first kappa shape index (κ1) is 10.5. The quantitative estimate of drug-likeness (QED) is 0.717. The first-order valence-corrected chi connectivity index (χ1v) is 7.42. The highest BCUT2D eigenvalue weighted by molar-refractivity contribution is 7.90. The number of amides is 1. The van der Waals surface area contributed by atoms with Crippen molar-refractivity contribution < 1.29 is 13.2 Å². The largest absolute Gasteiger partial charge is 0.310 e. The zero-order valence-electron chi connectivity index (χ0n) is 8.98. The maximum absolute atomic E-state index is 11.9. The van der Waals surface area contributed by atoms with Crippen molar-refractivity contribution in [2.75, 3.05) is 0 Å². The van der Waals surface area contributed by atoms with Crippen LogP contribution in [0, 0.1) is 5.92 Å². The van der Waals surface area contributed by atoms with E-state index in [4.69, 9.17) is 0 Å². The minimum Gasteiger partial charge on any atom is -0.310 e. The molecule has 2 saturated heterocycles. The first-order valence-electron chi connectivity index (χ1n) is 5.88. The Bertz CT molecular complexity index is 416. The average Bonchev–Trinajstić information content (AvgIpc) is 2.89. The van der Waals surface area contributed by atoms with Gasteiger partial charge < -0.3 is 5.32 Å². The van der Waals surface area contributed by atoms with Crippen molar-refractivity contribution in [2.45, 2.75) is 49.4 Å². The predicted molar refractivity (Wildman–Crippen MR) is 58.1 cm³/mol. The van der Waals surface area contributed by atoms with E-state index in [1.54, 1.807) is 0 Å². The molecule has 0 spiro atoms. The van der Waals surface area contributed by atoms with Crippen molar-refractivity contribution >= 4 is 15.9 Å². The fourth-order valence-corrected chi connectivity index (χ4v) is 4.15. The van der Waals surface area contributed by atoms with Gasteiger partial charge in [0.1, 0.15) is 0 Å². The molecule has 1 aliphatic carbocycles. The van der Waals surface area contributed by atoms with E-state index < -0.39 is 10.0 Å². The summed E-state index contributed by atoms with van der Waals surface area (Å²) in [6.07, 6.45) is 4.28. The number of sulfonamides is 1. The van der Waals surface area contributed by atoms with Crippen LogP contribution in [0.2, 0.25) is 0 Å². The SMILES string of the molecule is O=C(NS(=O)(=O)C1CC1)C1CC2CCC1N2. The molecule has 0 aromatic heterocycles. The highest BCUT2D eigenvalue weighted by atomic mass is 32.2. The van der Waals surface area contributed by atoms with Gasteiger partial charge in [-0.1, -0.05) is 0 Å². The molecular formula is C10H16N2O3S. The maximum atomic E-state index is 11.9. The van der Waals surface area contributed by atoms with Crippen LogP contribution < -0.4 is 10.0 Å². The molecule has 0 aromatic rings. The molecule has 2 heterocycles. The van der Waals surface area contributed by atoms with E-state index >= 15 is 0 Å². The zero-order valence-corrected chi connectivity index (χ0v) is 9.79. The van der Waals surface area contributed by atoms with E-state index in [1.807, 2.05) is 0 Å². The molecule has 2 bridgehead atoms. The Morgan fingerprint density at radius 3 is 2.44 bits per heavy atom. The van der Waals surface area contributed by atoms with Gasteiger partial charge in [-0.15, -0.1) is 0 Å². The lowest BCUT2D eigenvalue weighted by atomic mass is 9.89. The Morgan fingerprint density at radius 2 is 1.94 bits per heavy atom. The van der Waals surface area contributed by atoms with Crippen LogP contribution in [0.4, 0.5) is 0 Å². The molecule has 90 valence electrons. The van der Waals surface area contributed by atoms with E-state index in [0.29, 0.717) is 18.9 Å². The van der Waals surface area contributed by atoms with E-state index in [0.717, 1.165) is 19.3 Å². The molecule has 3 fully saturated rings. The number of hydrogen-bond acceptors (Lipinski definition) is 4. The first-order chi connectivity index (χ1) is 7.56. The van der Waals surface area contributed by atoms with Crippen LogP contribution in [0.15, 0.2) is 0 Å². The molecule has 0 aromatic carbocycles. The van der Waals surface area contributed by atoms with Crippen molar-refractivity contribution in [3.05, 3.63) is 0 Å². The van der Waals surface area contributed by atoms with Crippen molar-refractivity contribution in [1.29, 1.82) is 0 Å². The van der Waals surface area contributed by atoms with Gasteiger partial charge >= 0.3 is 0 Å². The second-order valence-electron chi connectivity index (χ2n) is 5.10. The van der Waals surface area contributed by atoms with E-state index in [2.05, 4.69) is 10.0 Å². The van der Waals surface area contributed by atoms with E-state index in [9.17, 15) is 13.2 Å². The molecule has 2 N–H and O–H groups in total. The van der Waals surface area contributed by atoms with Gasteiger partial charge in [0.15, 0.2) is 0 Å². The van der Waals surface area contributed by atoms with Crippen molar-refractivity contribution in [2.24, 2.45) is 5.92 Å². The van der Waals surface area contributed by atoms with Crippen molar-refractivity contribution in [3.8, 4) is 0 Å². The van der Waals surface area contributed by atoms with Crippen molar-refractivity contribution in [1.82, 2.24) is 10.0 Å². The molecule has 3 unspecified atom stereocenters. The summed E-state index contributed by atoms with van der Waals surface area (Å²) in [6.45, 7) is 0. The number of carbonyl (C=O) groups excluding carboxylic acids is 1. The summed E-state index contributed by atoms with van der Waals surface area (Å²) in [4.78, 5) is 11.9. The third-order valence-corrected chi connectivity index (χ3v) is 5.68. The number of carbonyl (C=O) groups is 1. The Balaban J connectivity index is 1.65. The molecule has 3 atom stereocenters. The molecule has 3 rings (SSSR count). The molecule has 1 amide bonds. The topological polar surface area (TPSA) is 75.3 Å². The lowest BCUT2D eigenvalue weighted by molar-refractivity contribution is -0.123. The van der Waals surface area contributed by atoms with Gasteiger partial charge in [-0.3, -0.25) is 9.52 Å². The van der Waals surface area contributed by atoms with Crippen LogP contribution in [0.25, 0.3) is 0 Å². The molecule has 3 aliphatic rings. The molecule has 5 nitrogen and oxygen atoms in total. The monoisotopic (exact) mass is 244 g/mol. The van der Waals surface area contributed by atoms with Crippen molar-refractivity contribution in [3.63, 3.8) is 0 Å². The number of nitrogens with one attached hydrogen (secondary N) is 2. The van der Waals surface area contributed by atoms with Gasteiger partial charge in [-0.2, -0.15) is 0 Å². The van der Waals surface area contributed by atoms with Gasteiger partial charge in [-0.05, 0) is 32.1 Å². The van der Waals surface area contributed by atoms with Crippen LogP contribution in [-0.4, -0.2) is 31.7 Å². The second-order valence-corrected chi connectivity index (χ2v) is 7.06. The van der Waals surface area contributed by atoms with E-state index in [-0.39, 0.29) is 23.1 Å². The van der Waals surface area contributed by atoms with Crippen LogP contribution in [0.5, 0.6) is 0 Å². The highest BCUT2D eigenvalue weighted by Gasteiger charge is 2.45. The molecule has 1 saturated carbocycles. The standard InChI is InChI=1S/C10H16N2O3S/c13-10(12-16(14,15)7-2-3-7)8-5-6-1-4-9(8)11-6/h6-9,11H,1-5H2,(H,12,13). The Kier molecular flexibility index (Phi) is 2.26. The highest BCUT2D eigenvalue weighted by Crippen LogP contribution is 2.34. The minimum absolute atomic E-state index is 0.146. The fourth-order valence-electron chi connectivity index (χ4n) is 2.79. The molecule has 16 heavy (non-hydrogen) atoms. The minimum atomic E-state index is -3.37. The summed E-state index contributed by atoms with van der Waals surface area (Å²) < 4.78 is 25.5. The normalized spacial score (nSPS) is 37.6. The predicted octanol–water partition coefficient (Wildman–Crippen LogP) is -0.265. The fraction of sp³-hybridized carbons (Fsp3) is 0.900. The van der Waals surface area contributed by atoms with Crippen LogP contribution in [0.3, 0.4) is 0 Å². The summed E-state index contributed by atoms with van der Waals surface area (Å²) >= 11 is 0. The summed E-state index contributed by atoms with van der Waals surface area (Å²) in [5, 5.41) is 3.02. The average molecular weight is 244 g/mol. The Hall–Kier alpha value is -0.620. The van der Waals surface area contributed by atoms with Gasteiger partial charge in [0.05, 0.1) is 11.2 Å². The molecular weight excluding hydrogens is 228 g/mol. The lowest BCUT2D eigenvalue weighted by Gasteiger charge is -2.19. The van der Waals surface area contributed by atoms with Gasteiger partial charge in [0.2, 0.25) is 15.9 Å². The summed E-state index contributed by atoms with van der Waals surface area (Å²) in [5.41, 5.74) is 0. The Labute approximate surface area is 95.0 Å². The van der Waals surface area contributed by atoms with Gasteiger partial charge in [0, 0.05) is 12.1 Å². The van der Waals surface area contributed by atoms with E-state index in [1.165, 1.54) is 0 Å². The van der Waals surface area contributed by atoms with Gasteiger partial charge in [-0.25, -0.2) is 8.42 Å². The third-order valence-electron chi connectivity index (χ3n) is 3.84. The molecule has 2 aliphatic heterocycles. The number of hydrogen-bond donors (Lipinski definition) is 2. The Morgan fingerprint density at radius 1 is 1.19 bits per heavy atom. The number of rotatable bonds is 3. The zero-order chi connectivity index (χ0) is 11.3. The maximum Gasteiger partial charge on any atom is 0.238 e. The smallest absolute Gasteiger partial charge is 0.238 e. The van der Waals surface area contributed by atoms with Crippen LogP contribution in [0.1, 0.15) is 32.1 Å². The molecule has 0 radical (unpaired) electrons. The molecule has 6 heteroatoms. The summed E-state index contributed by atoms with van der Waals surface area (Å²) in [7, 11) is -3.37. The number of fused-ring (bicyclic) bond motifs is 2. The van der Waals surface area contributed by atoms with Crippen LogP contribution in [-0.2, 0) is 14.8 Å².